The van der Waals surface area contributed by atoms with Crippen LogP contribution in [0.1, 0.15) is 76.5 Å². The summed E-state index contributed by atoms with van der Waals surface area (Å²) in [6, 6.07) is 7.66. The lowest BCUT2D eigenvalue weighted by Gasteiger charge is -2.27. The van der Waals surface area contributed by atoms with Gasteiger partial charge in [-0.3, -0.25) is 19.2 Å². The van der Waals surface area contributed by atoms with Crippen molar-refractivity contribution in [1.82, 2.24) is 0 Å². The first-order chi connectivity index (χ1) is 16.2. The van der Waals surface area contributed by atoms with Gasteiger partial charge in [0, 0.05) is 33.0 Å². The number of fused-ring (bicyclic) bond motifs is 2. The van der Waals surface area contributed by atoms with E-state index < -0.39 is 0 Å². The molecule has 0 amide bonds. The number of hydrogen-bond acceptors (Lipinski definition) is 4. The van der Waals surface area contributed by atoms with E-state index in [1.807, 2.05) is 52.0 Å². The number of carbonyl (C=O) groups is 4. The smallest absolute Gasteiger partial charge is 0.171 e. The van der Waals surface area contributed by atoms with Gasteiger partial charge in [-0.1, -0.05) is 0 Å². The zero-order valence-electron chi connectivity index (χ0n) is 19.4. The van der Waals surface area contributed by atoms with Gasteiger partial charge in [-0.15, -0.1) is 0 Å². The van der Waals surface area contributed by atoms with Gasteiger partial charge in [-0.05, 0) is 107 Å². The Hall–Kier alpha value is -3.92. The topological polar surface area (TPSA) is 68.3 Å². The molecule has 0 aromatic heterocycles. The Kier molecular flexibility index (Phi) is 3.42. The van der Waals surface area contributed by atoms with Crippen LogP contribution in [0.25, 0.3) is 43.1 Å². The van der Waals surface area contributed by atoms with Gasteiger partial charge < -0.3 is 0 Å². The van der Waals surface area contributed by atoms with Crippen molar-refractivity contribution < 1.29 is 19.2 Å². The molecule has 164 valence electrons. The van der Waals surface area contributed by atoms with Crippen LogP contribution in [0.15, 0.2) is 24.3 Å². The molecule has 0 saturated carbocycles. The number of carbonyl (C=O) groups excluding carboxylic acids is 4. The Balaban J connectivity index is 1.93. The van der Waals surface area contributed by atoms with Gasteiger partial charge in [0.25, 0.3) is 0 Å². The van der Waals surface area contributed by atoms with Gasteiger partial charge in [0.05, 0.1) is 12.8 Å². The Morgan fingerprint density at radius 2 is 0.618 bits per heavy atom. The van der Waals surface area contributed by atoms with E-state index in [0.717, 1.165) is 65.3 Å². The molecular weight excluding hydrogens is 424 g/mol. The summed E-state index contributed by atoms with van der Waals surface area (Å²) >= 11 is 0. The number of benzene rings is 5. The van der Waals surface area contributed by atoms with Crippen LogP contribution < -0.4 is 0 Å². The van der Waals surface area contributed by atoms with Crippen LogP contribution in [-0.2, 0) is 0 Å². The Labute approximate surface area is 194 Å². The molecule has 0 atom stereocenters. The molecule has 0 unspecified atom stereocenters. The monoisotopic (exact) mass is 444 g/mol. The van der Waals surface area contributed by atoms with Crippen LogP contribution in [0.4, 0.5) is 0 Å². The molecule has 0 bridgehead atoms. The van der Waals surface area contributed by atoms with Gasteiger partial charge in [0.1, 0.15) is 0 Å². The van der Waals surface area contributed by atoms with Gasteiger partial charge in [0.15, 0.2) is 23.1 Å². The average Bonchev–Trinajstić information content (AvgIpc) is 2.77. The van der Waals surface area contributed by atoms with E-state index in [9.17, 15) is 19.2 Å². The molecule has 0 spiro atoms. The lowest BCUT2D eigenvalue weighted by Crippen LogP contribution is -2.18. The molecule has 0 aliphatic heterocycles. The molecule has 7 rings (SSSR count). The number of rotatable bonds is 0. The predicted molar refractivity (Wildman–Crippen MR) is 133 cm³/mol. The molecule has 0 heterocycles. The van der Waals surface area contributed by atoms with Crippen molar-refractivity contribution in [2.75, 3.05) is 0 Å². The van der Waals surface area contributed by atoms with Crippen molar-refractivity contribution in [3.8, 4) is 0 Å². The standard InChI is InChI=1S/C30H20O4/c1-11-5-15-19(31)9-20(32)16-7-13(3)25-26-14(4)8-18-22(34)10-21(33)17-6-12(2)24(30(26)28(17)18)23(11)29(25)27(15)16/h5-8H,9-10H2,1-4H3. The fraction of sp³-hybridized carbons (Fsp3) is 0.200. The highest BCUT2D eigenvalue weighted by Gasteiger charge is 2.33. The molecule has 0 fully saturated rings. The van der Waals surface area contributed by atoms with Gasteiger partial charge in [-0.25, -0.2) is 0 Å². The molecule has 0 N–H and O–H groups in total. The quantitative estimate of drug-likeness (QED) is 0.155. The molecule has 5 aromatic rings. The fourth-order valence-corrected chi connectivity index (χ4v) is 6.65. The first kappa shape index (κ1) is 19.5. The zero-order valence-corrected chi connectivity index (χ0v) is 19.4. The largest absolute Gasteiger partial charge is 0.294 e. The first-order valence-electron chi connectivity index (χ1n) is 11.5. The summed E-state index contributed by atoms with van der Waals surface area (Å²) in [7, 11) is 0. The first-order valence-corrected chi connectivity index (χ1v) is 11.5. The lowest BCUT2D eigenvalue weighted by atomic mass is 9.75. The second-order valence-electron chi connectivity index (χ2n) is 10.0. The molecule has 34 heavy (non-hydrogen) atoms. The lowest BCUT2D eigenvalue weighted by molar-refractivity contribution is 0.0874. The summed E-state index contributed by atoms with van der Waals surface area (Å²) in [5.74, 6) is -0.546. The Morgan fingerprint density at radius 1 is 0.382 bits per heavy atom. The summed E-state index contributed by atoms with van der Waals surface area (Å²) in [5, 5.41) is 7.38. The minimum Gasteiger partial charge on any atom is -0.294 e. The van der Waals surface area contributed by atoms with E-state index in [1.165, 1.54) is 0 Å². The molecule has 2 aliphatic carbocycles. The van der Waals surface area contributed by atoms with E-state index in [-0.39, 0.29) is 36.0 Å². The van der Waals surface area contributed by atoms with E-state index in [1.54, 1.807) is 0 Å². The maximum absolute atomic E-state index is 12.9. The zero-order chi connectivity index (χ0) is 23.8. The second kappa shape index (κ2) is 5.95. The Morgan fingerprint density at radius 3 is 0.853 bits per heavy atom. The molecule has 4 heteroatoms. The van der Waals surface area contributed by atoms with E-state index in [4.69, 9.17) is 0 Å². The highest BCUT2D eigenvalue weighted by molar-refractivity contribution is 6.43. The van der Waals surface area contributed by atoms with Crippen LogP contribution in [0.5, 0.6) is 0 Å². The van der Waals surface area contributed by atoms with Crippen molar-refractivity contribution in [2.24, 2.45) is 0 Å². The maximum Gasteiger partial charge on any atom is 0.171 e. The third-order valence-corrected chi connectivity index (χ3v) is 7.94. The highest BCUT2D eigenvalue weighted by Crippen LogP contribution is 2.50. The summed E-state index contributed by atoms with van der Waals surface area (Å²) < 4.78 is 0. The van der Waals surface area contributed by atoms with Gasteiger partial charge in [0.2, 0.25) is 0 Å². The molecule has 4 nitrogen and oxygen atoms in total. The third kappa shape index (κ3) is 2.06. The minimum atomic E-state index is -0.136. The number of aryl methyl sites for hydroxylation is 4. The Bertz CT molecular complexity index is 1630. The van der Waals surface area contributed by atoms with Crippen LogP contribution in [0, 0.1) is 27.7 Å². The van der Waals surface area contributed by atoms with Gasteiger partial charge in [-0.2, -0.15) is 0 Å². The van der Waals surface area contributed by atoms with Crippen molar-refractivity contribution in [3.63, 3.8) is 0 Å². The molecule has 0 radical (unpaired) electrons. The molecule has 5 aromatic carbocycles. The predicted octanol–water partition coefficient (Wildman–Crippen LogP) is 6.51. The van der Waals surface area contributed by atoms with E-state index in [0.29, 0.717) is 22.3 Å². The summed E-state index contributed by atoms with van der Waals surface area (Å²) in [4.78, 5) is 51.7. The molecular formula is C30H20O4. The van der Waals surface area contributed by atoms with E-state index in [2.05, 4.69) is 0 Å². The minimum absolute atomic E-state index is 0.0964. The number of hydrogen-bond donors (Lipinski definition) is 0. The van der Waals surface area contributed by atoms with Crippen molar-refractivity contribution in [3.05, 3.63) is 68.8 Å². The van der Waals surface area contributed by atoms with Crippen LogP contribution in [0.3, 0.4) is 0 Å². The number of ketones is 4. The number of Topliss-reactive ketones (excluding diaryl/α,β-unsaturated/α-hetero) is 4. The van der Waals surface area contributed by atoms with Crippen LogP contribution >= 0.6 is 0 Å². The summed E-state index contributed by atoms with van der Waals surface area (Å²) in [6.07, 6.45) is -0.193. The summed E-state index contributed by atoms with van der Waals surface area (Å²) in [6.45, 7) is 8.02. The van der Waals surface area contributed by atoms with Crippen molar-refractivity contribution in [2.45, 2.75) is 40.5 Å². The highest BCUT2D eigenvalue weighted by atomic mass is 16.2. The third-order valence-electron chi connectivity index (χ3n) is 7.94. The average molecular weight is 444 g/mol. The fourth-order valence-electron chi connectivity index (χ4n) is 6.65. The van der Waals surface area contributed by atoms with Crippen LogP contribution in [-0.4, -0.2) is 23.1 Å². The van der Waals surface area contributed by atoms with Crippen molar-refractivity contribution in [1.29, 1.82) is 0 Å². The van der Waals surface area contributed by atoms with Gasteiger partial charge >= 0.3 is 0 Å². The molecule has 0 saturated heterocycles. The maximum atomic E-state index is 12.9. The normalized spacial score (nSPS) is 15.6. The second-order valence-corrected chi connectivity index (χ2v) is 10.0. The van der Waals surface area contributed by atoms with E-state index >= 15 is 0 Å². The van der Waals surface area contributed by atoms with Crippen molar-refractivity contribution >= 4 is 66.2 Å². The van der Waals surface area contributed by atoms with Crippen LogP contribution in [0.2, 0.25) is 0 Å². The SMILES string of the molecule is Cc1cc2c3c(cc(C)c4c5c(C)cc6c7c(cc(C)c(c1c34)c75)C(=O)CC6=O)C(=O)CC2=O. The summed E-state index contributed by atoms with van der Waals surface area (Å²) in [5.41, 5.74) is 6.30. The molecule has 2 aliphatic rings.